The zero-order valence-electron chi connectivity index (χ0n) is 16.6. The molecule has 0 bridgehead atoms. The van der Waals surface area contributed by atoms with Gasteiger partial charge in [-0.3, -0.25) is 4.79 Å². The summed E-state index contributed by atoms with van der Waals surface area (Å²) in [6.45, 7) is 8.99. The van der Waals surface area contributed by atoms with Gasteiger partial charge < -0.3 is 14.4 Å². The highest BCUT2D eigenvalue weighted by atomic mass is 16.2. The lowest BCUT2D eigenvalue weighted by Crippen LogP contribution is -2.49. The SMILES string of the molecule is Cc1cccc(-n2c(C)cc(C(=O)N3CCN(c4ncccn4)CC3)c2C)c1. The fourth-order valence-corrected chi connectivity index (χ4v) is 3.88. The van der Waals surface area contributed by atoms with Crippen LogP contribution in [0.4, 0.5) is 5.95 Å². The van der Waals surface area contributed by atoms with Gasteiger partial charge in [0, 0.05) is 55.6 Å². The van der Waals surface area contributed by atoms with E-state index in [0.29, 0.717) is 13.1 Å². The Bertz CT molecular complexity index is 987. The number of carbonyl (C=O) groups excluding carboxylic acids is 1. The lowest BCUT2D eigenvalue weighted by Gasteiger charge is -2.34. The van der Waals surface area contributed by atoms with Crippen LogP contribution in [0.15, 0.2) is 48.8 Å². The molecular weight excluding hydrogens is 350 g/mol. The number of amides is 1. The summed E-state index contributed by atoms with van der Waals surface area (Å²) in [6, 6.07) is 12.2. The topological polar surface area (TPSA) is 54.3 Å². The molecule has 2 aromatic heterocycles. The zero-order valence-corrected chi connectivity index (χ0v) is 16.6. The molecule has 1 aliphatic heterocycles. The van der Waals surface area contributed by atoms with Crippen molar-refractivity contribution in [2.75, 3.05) is 31.1 Å². The van der Waals surface area contributed by atoms with Crippen LogP contribution in [-0.2, 0) is 0 Å². The average Bonchev–Trinajstić information content (AvgIpc) is 3.02. The van der Waals surface area contributed by atoms with E-state index in [9.17, 15) is 4.79 Å². The van der Waals surface area contributed by atoms with Crippen LogP contribution in [0, 0.1) is 20.8 Å². The van der Waals surface area contributed by atoms with E-state index >= 15 is 0 Å². The number of aryl methyl sites for hydroxylation is 2. The summed E-state index contributed by atoms with van der Waals surface area (Å²) < 4.78 is 2.16. The predicted molar refractivity (Wildman–Crippen MR) is 110 cm³/mol. The highest BCUT2D eigenvalue weighted by Crippen LogP contribution is 2.23. The zero-order chi connectivity index (χ0) is 19.7. The molecule has 3 heterocycles. The van der Waals surface area contributed by atoms with Gasteiger partial charge in [0.25, 0.3) is 5.91 Å². The molecule has 0 saturated carbocycles. The van der Waals surface area contributed by atoms with Crippen LogP contribution in [0.5, 0.6) is 0 Å². The van der Waals surface area contributed by atoms with Gasteiger partial charge in [0.15, 0.2) is 0 Å². The van der Waals surface area contributed by atoms with Gasteiger partial charge >= 0.3 is 0 Å². The molecule has 4 rings (SSSR count). The predicted octanol–water partition coefficient (Wildman–Crippen LogP) is 3.15. The van der Waals surface area contributed by atoms with Gasteiger partial charge in [0.05, 0.1) is 5.56 Å². The highest BCUT2D eigenvalue weighted by molar-refractivity contribution is 5.96. The summed E-state index contributed by atoms with van der Waals surface area (Å²) >= 11 is 0. The lowest BCUT2D eigenvalue weighted by atomic mass is 10.2. The first-order valence-corrected chi connectivity index (χ1v) is 9.62. The minimum absolute atomic E-state index is 0.0978. The quantitative estimate of drug-likeness (QED) is 0.706. The van der Waals surface area contributed by atoms with Crippen LogP contribution in [0.25, 0.3) is 5.69 Å². The molecule has 0 atom stereocenters. The minimum Gasteiger partial charge on any atom is -0.337 e. The number of aromatic nitrogens is 3. The van der Waals surface area contributed by atoms with Gasteiger partial charge in [0.1, 0.15) is 0 Å². The molecule has 1 amide bonds. The van der Waals surface area contributed by atoms with Gasteiger partial charge in [-0.05, 0) is 50.6 Å². The number of rotatable bonds is 3. The molecule has 0 aliphatic carbocycles. The van der Waals surface area contributed by atoms with E-state index in [2.05, 4.69) is 57.5 Å². The molecular formula is C22H25N5O. The fraction of sp³-hybridized carbons (Fsp3) is 0.318. The van der Waals surface area contributed by atoms with E-state index in [1.165, 1.54) is 5.56 Å². The molecule has 1 fully saturated rings. The van der Waals surface area contributed by atoms with Crippen LogP contribution in [0.2, 0.25) is 0 Å². The van der Waals surface area contributed by atoms with Crippen molar-refractivity contribution >= 4 is 11.9 Å². The number of hydrogen-bond donors (Lipinski definition) is 0. The summed E-state index contributed by atoms with van der Waals surface area (Å²) in [5.74, 6) is 0.827. The summed E-state index contributed by atoms with van der Waals surface area (Å²) in [4.78, 5) is 25.9. The summed E-state index contributed by atoms with van der Waals surface area (Å²) in [6.07, 6.45) is 3.50. The molecule has 6 heteroatoms. The second kappa shape index (κ2) is 7.46. The maximum absolute atomic E-state index is 13.2. The first-order valence-electron chi connectivity index (χ1n) is 9.62. The third-order valence-corrected chi connectivity index (χ3v) is 5.32. The first kappa shape index (κ1) is 18.2. The van der Waals surface area contributed by atoms with E-state index in [4.69, 9.17) is 0 Å². The van der Waals surface area contributed by atoms with Crippen LogP contribution in [0.1, 0.15) is 27.3 Å². The Balaban J connectivity index is 1.53. The Morgan fingerprint density at radius 2 is 1.64 bits per heavy atom. The van der Waals surface area contributed by atoms with E-state index in [0.717, 1.165) is 41.7 Å². The average molecular weight is 375 g/mol. The Morgan fingerprint density at radius 3 is 2.32 bits per heavy atom. The van der Waals surface area contributed by atoms with Crippen molar-refractivity contribution in [1.82, 2.24) is 19.4 Å². The molecule has 1 aromatic carbocycles. The fourth-order valence-electron chi connectivity index (χ4n) is 3.88. The highest BCUT2D eigenvalue weighted by Gasteiger charge is 2.26. The molecule has 6 nitrogen and oxygen atoms in total. The van der Waals surface area contributed by atoms with Crippen molar-refractivity contribution in [3.8, 4) is 5.69 Å². The lowest BCUT2D eigenvalue weighted by molar-refractivity contribution is 0.0745. The Hall–Kier alpha value is -3.15. The molecule has 0 N–H and O–H groups in total. The Labute approximate surface area is 165 Å². The largest absolute Gasteiger partial charge is 0.337 e. The maximum Gasteiger partial charge on any atom is 0.255 e. The molecule has 0 spiro atoms. The molecule has 1 saturated heterocycles. The molecule has 0 unspecified atom stereocenters. The second-order valence-electron chi connectivity index (χ2n) is 7.29. The number of anilines is 1. The minimum atomic E-state index is 0.0978. The van der Waals surface area contributed by atoms with E-state index in [-0.39, 0.29) is 5.91 Å². The number of carbonyl (C=O) groups is 1. The van der Waals surface area contributed by atoms with Gasteiger partial charge in [-0.25, -0.2) is 9.97 Å². The Morgan fingerprint density at radius 1 is 0.929 bits per heavy atom. The van der Waals surface area contributed by atoms with E-state index in [1.807, 2.05) is 24.0 Å². The normalized spacial score (nSPS) is 14.4. The van der Waals surface area contributed by atoms with Gasteiger partial charge in [0.2, 0.25) is 5.95 Å². The van der Waals surface area contributed by atoms with Crippen LogP contribution in [0.3, 0.4) is 0 Å². The summed E-state index contributed by atoms with van der Waals surface area (Å²) in [5.41, 5.74) is 5.14. The molecule has 28 heavy (non-hydrogen) atoms. The Kier molecular flexibility index (Phi) is 4.86. The van der Waals surface area contributed by atoms with Crippen molar-refractivity contribution < 1.29 is 4.79 Å². The van der Waals surface area contributed by atoms with Crippen molar-refractivity contribution in [1.29, 1.82) is 0 Å². The van der Waals surface area contributed by atoms with Crippen molar-refractivity contribution in [2.45, 2.75) is 20.8 Å². The van der Waals surface area contributed by atoms with Crippen molar-refractivity contribution in [3.63, 3.8) is 0 Å². The number of piperazine rings is 1. The standard InChI is InChI=1S/C22H25N5O/c1-16-6-4-7-19(14-16)27-17(2)15-20(18(27)3)21(28)25-10-12-26(13-11-25)22-23-8-5-9-24-22/h4-9,14-15H,10-13H2,1-3H3. The second-order valence-corrected chi connectivity index (χ2v) is 7.29. The number of nitrogens with zero attached hydrogens (tertiary/aromatic N) is 5. The summed E-state index contributed by atoms with van der Waals surface area (Å²) in [7, 11) is 0. The van der Waals surface area contributed by atoms with Crippen LogP contribution >= 0.6 is 0 Å². The third kappa shape index (κ3) is 3.38. The summed E-state index contributed by atoms with van der Waals surface area (Å²) in [5, 5.41) is 0. The van der Waals surface area contributed by atoms with Gasteiger partial charge in [-0.1, -0.05) is 12.1 Å². The number of benzene rings is 1. The molecule has 144 valence electrons. The third-order valence-electron chi connectivity index (χ3n) is 5.32. The van der Waals surface area contributed by atoms with Crippen molar-refractivity contribution in [2.24, 2.45) is 0 Å². The van der Waals surface area contributed by atoms with Gasteiger partial charge in [-0.15, -0.1) is 0 Å². The first-order chi connectivity index (χ1) is 13.5. The van der Waals surface area contributed by atoms with E-state index < -0.39 is 0 Å². The number of hydrogen-bond acceptors (Lipinski definition) is 4. The monoisotopic (exact) mass is 375 g/mol. The van der Waals surface area contributed by atoms with E-state index in [1.54, 1.807) is 12.4 Å². The maximum atomic E-state index is 13.2. The molecule has 1 aliphatic rings. The van der Waals surface area contributed by atoms with Crippen molar-refractivity contribution in [3.05, 3.63) is 71.3 Å². The molecule has 0 radical (unpaired) electrons. The smallest absolute Gasteiger partial charge is 0.255 e. The molecule has 3 aromatic rings. The van der Waals surface area contributed by atoms with Crippen LogP contribution in [-0.4, -0.2) is 51.5 Å². The van der Waals surface area contributed by atoms with Gasteiger partial charge in [-0.2, -0.15) is 0 Å². The van der Waals surface area contributed by atoms with Crippen LogP contribution < -0.4 is 4.90 Å².